The Morgan fingerprint density at radius 1 is 1.45 bits per heavy atom. The summed E-state index contributed by atoms with van der Waals surface area (Å²) in [5.41, 5.74) is 1.95. The van der Waals surface area contributed by atoms with Crippen LogP contribution in [0.4, 0.5) is 0 Å². The van der Waals surface area contributed by atoms with Crippen LogP contribution in [0.15, 0.2) is 15.9 Å². The van der Waals surface area contributed by atoms with E-state index in [0.717, 1.165) is 33.1 Å². The summed E-state index contributed by atoms with van der Waals surface area (Å²) in [7, 11) is 1.72. The molecule has 2 rings (SSSR count). The lowest BCUT2D eigenvalue weighted by Crippen LogP contribution is -2.20. The summed E-state index contributed by atoms with van der Waals surface area (Å²) in [5, 5.41) is 0. The summed E-state index contributed by atoms with van der Waals surface area (Å²) in [6.07, 6.45) is 4.96. The molecule has 3 nitrogen and oxygen atoms in total. The normalized spacial score (nSPS) is 17.5. The van der Waals surface area contributed by atoms with Gasteiger partial charge in [0.2, 0.25) is 0 Å². The summed E-state index contributed by atoms with van der Waals surface area (Å²) in [6.45, 7) is 3.00. The Balaban J connectivity index is 2.67. The molecule has 0 aromatic heterocycles. The second-order valence-corrected chi connectivity index (χ2v) is 6.41. The number of thioether (sulfide) groups is 2. The Labute approximate surface area is 128 Å². The first-order chi connectivity index (χ1) is 9.63. The van der Waals surface area contributed by atoms with Gasteiger partial charge in [-0.05, 0) is 31.9 Å². The Morgan fingerprint density at radius 3 is 2.75 bits per heavy atom. The fourth-order valence-corrected chi connectivity index (χ4v) is 4.10. The van der Waals surface area contributed by atoms with Gasteiger partial charge in [0.1, 0.15) is 5.75 Å². The van der Waals surface area contributed by atoms with Crippen LogP contribution in [-0.4, -0.2) is 38.6 Å². The standard InChI is InChI=1S/C15H20O3S2/c1-9(16)11-7-12(19-3)14-13(15(11)20-4)10(8-17-2)5-6-18-14/h7,10H,5-6,8H2,1-4H3. The van der Waals surface area contributed by atoms with Crippen molar-refractivity contribution in [3.8, 4) is 5.75 Å². The van der Waals surface area contributed by atoms with Gasteiger partial charge in [-0.15, -0.1) is 23.5 Å². The summed E-state index contributed by atoms with van der Waals surface area (Å²) in [5.74, 6) is 1.35. The number of ether oxygens (including phenoxy) is 2. The van der Waals surface area contributed by atoms with Crippen molar-refractivity contribution in [1.82, 2.24) is 0 Å². The van der Waals surface area contributed by atoms with Crippen LogP contribution in [0.1, 0.15) is 35.2 Å². The summed E-state index contributed by atoms with van der Waals surface area (Å²) in [6, 6.07) is 1.97. The first kappa shape index (κ1) is 15.7. The first-order valence-corrected chi connectivity index (χ1v) is 9.00. The van der Waals surface area contributed by atoms with Gasteiger partial charge in [-0.3, -0.25) is 4.79 Å². The zero-order valence-electron chi connectivity index (χ0n) is 12.3. The quantitative estimate of drug-likeness (QED) is 0.609. The lowest BCUT2D eigenvalue weighted by Gasteiger charge is -2.30. The molecule has 1 aromatic rings. The third kappa shape index (κ3) is 2.85. The van der Waals surface area contributed by atoms with Crippen molar-refractivity contribution in [3.63, 3.8) is 0 Å². The number of methoxy groups -OCH3 is 1. The molecular formula is C15H20O3S2. The molecule has 110 valence electrons. The smallest absolute Gasteiger partial charge is 0.160 e. The zero-order valence-corrected chi connectivity index (χ0v) is 14.0. The van der Waals surface area contributed by atoms with Gasteiger partial charge in [0.05, 0.1) is 18.1 Å². The predicted molar refractivity (Wildman–Crippen MR) is 84.7 cm³/mol. The molecule has 1 unspecified atom stereocenters. The fraction of sp³-hybridized carbons (Fsp3) is 0.533. The van der Waals surface area contributed by atoms with E-state index in [9.17, 15) is 4.79 Å². The van der Waals surface area contributed by atoms with Gasteiger partial charge < -0.3 is 9.47 Å². The minimum atomic E-state index is 0.106. The van der Waals surface area contributed by atoms with Crippen LogP contribution in [0.5, 0.6) is 5.75 Å². The molecule has 0 amide bonds. The van der Waals surface area contributed by atoms with Crippen LogP contribution in [-0.2, 0) is 4.74 Å². The predicted octanol–water partition coefficient (Wildman–Crippen LogP) is 3.85. The van der Waals surface area contributed by atoms with E-state index in [1.54, 1.807) is 37.6 Å². The van der Waals surface area contributed by atoms with Gasteiger partial charge in [-0.1, -0.05) is 0 Å². The van der Waals surface area contributed by atoms with Crippen LogP contribution in [0, 0.1) is 0 Å². The van der Waals surface area contributed by atoms with Gasteiger partial charge in [-0.25, -0.2) is 0 Å². The van der Waals surface area contributed by atoms with E-state index in [1.807, 2.05) is 18.6 Å². The SMILES string of the molecule is COCC1CCOc2c(SC)cc(C(C)=O)c(SC)c21. The molecule has 5 heteroatoms. The monoisotopic (exact) mass is 312 g/mol. The van der Waals surface area contributed by atoms with Crippen molar-refractivity contribution in [2.24, 2.45) is 0 Å². The third-order valence-corrected chi connectivity index (χ3v) is 5.12. The Kier molecular flexibility index (Phi) is 5.41. The Hall–Kier alpha value is -0.650. The Morgan fingerprint density at radius 2 is 2.20 bits per heavy atom. The number of hydrogen-bond acceptors (Lipinski definition) is 5. The average Bonchev–Trinajstić information content (AvgIpc) is 2.45. The van der Waals surface area contributed by atoms with Gasteiger partial charge in [0.25, 0.3) is 0 Å². The minimum absolute atomic E-state index is 0.106. The van der Waals surface area contributed by atoms with E-state index in [2.05, 4.69) is 0 Å². The largest absolute Gasteiger partial charge is 0.492 e. The van der Waals surface area contributed by atoms with E-state index < -0.39 is 0 Å². The number of fused-ring (bicyclic) bond motifs is 1. The van der Waals surface area contributed by atoms with E-state index in [0.29, 0.717) is 19.1 Å². The van der Waals surface area contributed by atoms with E-state index in [-0.39, 0.29) is 5.78 Å². The number of benzene rings is 1. The average molecular weight is 312 g/mol. The highest BCUT2D eigenvalue weighted by molar-refractivity contribution is 7.99. The van der Waals surface area contributed by atoms with Crippen LogP contribution in [0.3, 0.4) is 0 Å². The topological polar surface area (TPSA) is 35.5 Å². The molecule has 1 heterocycles. The van der Waals surface area contributed by atoms with Crippen molar-refractivity contribution in [2.45, 2.75) is 29.1 Å². The Bertz CT molecular complexity index is 514. The number of carbonyl (C=O) groups is 1. The number of rotatable bonds is 5. The van der Waals surface area contributed by atoms with Gasteiger partial charge in [0, 0.05) is 29.1 Å². The van der Waals surface area contributed by atoms with Crippen molar-refractivity contribution in [3.05, 3.63) is 17.2 Å². The van der Waals surface area contributed by atoms with Crippen LogP contribution < -0.4 is 4.74 Å². The van der Waals surface area contributed by atoms with Crippen LogP contribution in [0.2, 0.25) is 0 Å². The summed E-state index contributed by atoms with van der Waals surface area (Å²) < 4.78 is 11.3. The van der Waals surface area contributed by atoms with Crippen molar-refractivity contribution in [2.75, 3.05) is 32.8 Å². The lowest BCUT2D eigenvalue weighted by molar-refractivity contribution is 0.101. The molecular weight excluding hydrogens is 292 g/mol. The molecule has 0 radical (unpaired) electrons. The second kappa shape index (κ2) is 6.87. The molecule has 0 saturated heterocycles. The molecule has 0 fully saturated rings. The molecule has 0 spiro atoms. The number of Topliss-reactive ketones (excluding diaryl/α,β-unsaturated/α-hetero) is 1. The number of hydrogen-bond donors (Lipinski definition) is 0. The number of carbonyl (C=O) groups excluding carboxylic acids is 1. The van der Waals surface area contributed by atoms with Crippen LogP contribution >= 0.6 is 23.5 Å². The fourth-order valence-electron chi connectivity index (χ4n) is 2.61. The summed E-state index contributed by atoms with van der Waals surface area (Å²) in [4.78, 5) is 14.0. The molecule has 0 bridgehead atoms. The molecule has 1 atom stereocenters. The molecule has 0 saturated carbocycles. The highest BCUT2D eigenvalue weighted by Crippen LogP contribution is 2.46. The first-order valence-electron chi connectivity index (χ1n) is 6.55. The van der Waals surface area contributed by atoms with Crippen molar-refractivity contribution in [1.29, 1.82) is 0 Å². The zero-order chi connectivity index (χ0) is 14.7. The number of ketones is 1. The van der Waals surface area contributed by atoms with Crippen LogP contribution in [0.25, 0.3) is 0 Å². The maximum Gasteiger partial charge on any atom is 0.160 e. The maximum atomic E-state index is 11.9. The summed E-state index contributed by atoms with van der Waals surface area (Å²) >= 11 is 3.25. The molecule has 0 N–H and O–H groups in total. The van der Waals surface area contributed by atoms with E-state index >= 15 is 0 Å². The van der Waals surface area contributed by atoms with Crippen molar-refractivity contribution >= 4 is 29.3 Å². The highest BCUT2D eigenvalue weighted by Gasteiger charge is 2.29. The molecule has 1 aliphatic heterocycles. The second-order valence-electron chi connectivity index (χ2n) is 4.75. The van der Waals surface area contributed by atoms with E-state index in [4.69, 9.17) is 9.47 Å². The molecule has 20 heavy (non-hydrogen) atoms. The lowest BCUT2D eigenvalue weighted by atomic mass is 9.91. The highest BCUT2D eigenvalue weighted by atomic mass is 32.2. The molecule has 1 aromatic carbocycles. The molecule has 0 aliphatic carbocycles. The molecule has 1 aliphatic rings. The van der Waals surface area contributed by atoms with Crippen molar-refractivity contribution < 1.29 is 14.3 Å². The van der Waals surface area contributed by atoms with Gasteiger partial charge >= 0.3 is 0 Å². The van der Waals surface area contributed by atoms with Gasteiger partial charge in [-0.2, -0.15) is 0 Å². The minimum Gasteiger partial charge on any atom is -0.492 e. The van der Waals surface area contributed by atoms with E-state index in [1.165, 1.54) is 0 Å². The maximum absolute atomic E-state index is 11.9. The van der Waals surface area contributed by atoms with Gasteiger partial charge in [0.15, 0.2) is 5.78 Å². The third-order valence-electron chi connectivity index (χ3n) is 3.53.